The van der Waals surface area contributed by atoms with Gasteiger partial charge in [0.05, 0.1) is 11.3 Å². The van der Waals surface area contributed by atoms with Crippen molar-refractivity contribution in [3.63, 3.8) is 0 Å². The fraction of sp³-hybridized carbons (Fsp3) is 0.167. The first-order valence-electron chi connectivity index (χ1n) is 9.95. The minimum Gasteiger partial charge on any atom is -0.452 e. The quantitative estimate of drug-likeness (QED) is 0.492. The van der Waals surface area contributed by atoms with Crippen LogP contribution < -0.4 is 10.2 Å². The number of amides is 3. The number of benzene rings is 3. The second-order valence-corrected chi connectivity index (χ2v) is 7.13. The van der Waals surface area contributed by atoms with Gasteiger partial charge in [-0.2, -0.15) is 0 Å². The maximum Gasteiger partial charge on any atom is 0.338 e. The van der Waals surface area contributed by atoms with Crippen LogP contribution in [0.1, 0.15) is 44.4 Å². The van der Waals surface area contributed by atoms with Gasteiger partial charge in [0.15, 0.2) is 6.61 Å². The predicted molar refractivity (Wildman–Crippen MR) is 115 cm³/mol. The number of carbonyl (C=O) groups is 4. The first-order chi connectivity index (χ1) is 15.0. The molecule has 4 rings (SSSR count). The molecule has 3 amide bonds. The molecule has 1 N–H and O–H groups in total. The van der Waals surface area contributed by atoms with E-state index in [1.165, 1.54) is 24.3 Å². The molecule has 0 aliphatic carbocycles. The number of ether oxygens (including phenoxy) is 1. The van der Waals surface area contributed by atoms with E-state index in [-0.39, 0.29) is 18.1 Å². The molecule has 1 aliphatic heterocycles. The average molecular weight is 416 g/mol. The number of nitrogens with one attached hydrogen (secondary N) is 1. The smallest absolute Gasteiger partial charge is 0.338 e. The molecule has 0 atom stereocenters. The molecule has 3 aromatic carbocycles. The summed E-state index contributed by atoms with van der Waals surface area (Å²) in [5.41, 5.74) is 1.47. The lowest BCUT2D eigenvalue weighted by molar-refractivity contribution is -0.124. The fourth-order valence-electron chi connectivity index (χ4n) is 3.54. The SMILES string of the molecule is CCCNC(=O)COC(=O)c1ccc(N2C(=O)c3cccc4cccc(c34)C2=O)cc1. The number of imide groups is 1. The van der Waals surface area contributed by atoms with Crippen LogP contribution in [0.15, 0.2) is 60.7 Å². The summed E-state index contributed by atoms with van der Waals surface area (Å²) in [5.74, 6) is -1.87. The molecule has 3 aromatic rings. The molecule has 0 spiro atoms. The van der Waals surface area contributed by atoms with Crippen LogP contribution in [0.5, 0.6) is 0 Å². The van der Waals surface area contributed by atoms with Crippen molar-refractivity contribution in [3.05, 3.63) is 77.4 Å². The molecular weight excluding hydrogens is 396 g/mol. The second kappa shape index (κ2) is 8.39. The molecule has 0 unspecified atom stereocenters. The first-order valence-corrected chi connectivity index (χ1v) is 9.95. The Labute approximate surface area is 178 Å². The monoisotopic (exact) mass is 416 g/mol. The topological polar surface area (TPSA) is 92.8 Å². The van der Waals surface area contributed by atoms with Crippen molar-refractivity contribution < 1.29 is 23.9 Å². The van der Waals surface area contributed by atoms with E-state index in [1.54, 1.807) is 24.3 Å². The summed E-state index contributed by atoms with van der Waals surface area (Å²) >= 11 is 0. The molecule has 1 heterocycles. The molecule has 7 heteroatoms. The van der Waals surface area contributed by atoms with Gasteiger partial charge in [0.2, 0.25) is 0 Å². The average Bonchev–Trinajstić information content (AvgIpc) is 2.80. The Kier molecular flexibility index (Phi) is 5.49. The first kappa shape index (κ1) is 20.3. The lowest BCUT2D eigenvalue weighted by atomic mass is 9.94. The third-order valence-corrected chi connectivity index (χ3v) is 5.04. The Bertz CT molecular complexity index is 1150. The van der Waals surface area contributed by atoms with E-state index in [4.69, 9.17) is 4.74 Å². The van der Waals surface area contributed by atoms with Crippen LogP contribution in [0.25, 0.3) is 10.8 Å². The molecule has 0 fully saturated rings. The zero-order valence-electron chi connectivity index (χ0n) is 16.9. The van der Waals surface area contributed by atoms with Crippen molar-refractivity contribution in [1.29, 1.82) is 0 Å². The lowest BCUT2D eigenvalue weighted by Crippen LogP contribution is -2.40. The fourth-order valence-corrected chi connectivity index (χ4v) is 3.54. The van der Waals surface area contributed by atoms with Crippen molar-refractivity contribution in [2.75, 3.05) is 18.1 Å². The van der Waals surface area contributed by atoms with Gasteiger partial charge >= 0.3 is 5.97 Å². The van der Waals surface area contributed by atoms with Crippen LogP contribution in [-0.4, -0.2) is 36.8 Å². The van der Waals surface area contributed by atoms with E-state index in [9.17, 15) is 19.2 Å². The molecule has 7 nitrogen and oxygen atoms in total. The van der Waals surface area contributed by atoms with Gasteiger partial charge in [-0.1, -0.05) is 31.2 Å². The number of anilines is 1. The van der Waals surface area contributed by atoms with Crippen molar-refractivity contribution in [1.82, 2.24) is 5.32 Å². The second-order valence-electron chi connectivity index (χ2n) is 7.13. The predicted octanol–water partition coefficient (Wildman–Crippen LogP) is 3.32. The molecular formula is C24H20N2O5. The Hall–Kier alpha value is -4.00. The van der Waals surface area contributed by atoms with Crippen LogP contribution in [0.2, 0.25) is 0 Å². The molecule has 0 saturated carbocycles. The van der Waals surface area contributed by atoms with Crippen LogP contribution >= 0.6 is 0 Å². The zero-order valence-corrected chi connectivity index (χ0v) is 16.9. The summed E-state index contributed by atoms with van der Waals surface area (Å²) in [7, 11) is 0. The van der Waals surface area contributed by atoms with Crippen LogP contribution in [-0.2, 0) is 9.53 Å². The molecule has 0 aromatic heterocycles. The van der Waals surface area contributed by atoms with Gasteiger partial charge in [0, 0.05) is 23.1 Å². The minimum absolute atomic E-state index is 0.214. The minimum atomic E-state index is -0.662. The summed E-state index contributed by atoms with van der Waals surface area (Å²) in [6.07, 6.45) is 0.786. The van der Waals surface area contributed by atoms with Gasteiger partial charge < -0.3 is 10.1 Å². The van der Waals surface area contributed by atoms with Crippen molar-refractivity contribution >= 4 is 40.2 Å². The van der Waals surface area contributed by atoms with Crippen LogP contribution in [0.4, 0.5) is 5.69 Å². The van der Waals surface area contributed by atoms with Gasteiger partial charge in [0.1, 0.15) is 0 Å². The molecule has 0 saturated heterocycles. The van der Waals surface area contributed by atoms with Crippen molar-refractivity contribution in [2.45, 2.75) is 13.3 Å². The van der Waals surface area contributed by atoms with E-state index in [0.29, 0.717) is 28.7 Å². The largest absolute Gasteiger partial charge is 0.452 e. The molecule has 156 valence electrons. The standard InChI is InChI=1S/C24H20N2O5/c1-2-13-25-20(27)14-31-24(30)16-9-11-17(12-10-16)26-22(28)18-7-3-5-15-6-4-8-19(21(15)18)23(26)29/h3-12H,2,13-14H2,1H3,(H,25,27). The number of nitrogens with zero attached hydrogens (tertiary/aromatic N) is 1. The van der Waals surface area contributed by atoms with Gasteiger partial charge in [-0.25, -0.2) is 9.69 Å². The number of carbonyl (C=O) groups excluding carboxylic acids is 4. The highest BCUT2D eigenvalue weighted by Crippen LogP contribution is 2.32. The summed E-state index contributed by atoms with van der Waals surface area (Å²) in [5, 5.41) is 4.10. The van der Waals surface area contributed by atoms with E-state index >= 15 is 0 Å². The maximum atomic E-state index is 13.1. The number of hydrogen-bond acceptors (Lipinski definition) is 5. The summed E-state index contributed by atoms with van der Waals surface area (Å²) < 4.78 is 5.00. The van der Waals surface area contributed by atoms with E-state index < -0.39 is 17.8 Å². The van der Waals surface area contributed by atoms with E-state index in [2.05, 4.69) is 5.32 Å². The lowest BCUT2D eigenvalue weighted by Gasteiger charge is -2.27. The van der Waals surface area contributed by atoms with E-state index in [1.807, 2.05) is 19.1 Å². The Morgan fingerprint density at radius 2 is 1.52 bits per heavy atom. The Balaban J connectivity index is 1.54. The van der Waals surface area contributed by atoms with Crippen LogP contribution in [0.3, 0.4) is 0 Å². The van der Waals surface area contributed by atoms with Gasteiger partial charge in [-0.3, -0.25) is 14.4 Å². The van der Waals surface area contributed by atoms with Gasteiger partial charge in [0.25, 0.3) is 17.7 Å². The Morgan fingerprint density at radius 3 is 2.10 bits per heavy atom. The number of esters is 1. The maximum absolute atomic E-state index is 13.1. The highest BCUT2D eigenvalue weighted by molar-refractivity contribution is 6.35. The van der Waals surface area contributed by atoms with Crippen molar-refractivity contribution in [3.8, 4) is 0 Å². The summed E-state index contributed by atoms with van der Waals surface area (Å²) in [4.78, 5) is 51.0. The highest BCUT2D eigenvalue weighted by Gasteiger charge is 2.33. The third-order valence-electron chi connectivity index (χ3n) is 5.04. The summed E-state index contributed by atoms with van der Waals surface area (Å²) in [6, 6.07) is 16.6. The number of rotatable bonds is 6. The Morgan fingerprint density at radius 1 is 0.903 bits per heavy atom. The van der Waals surface area contributed by atoms with Crippen LogP contribution in [0, 0.1) is 0 Å². The third kappa shape index (κ3) is 3.77. The molecule has 1 aliphatic rings. The molecule has 31 heavy (non-hydrogen) atoms. The van der Waals surface area contributed by atoms with E-state index in [0.717, 1.165) is 16.7 Å². The number of hydrogen-bond donors (Lipinski definition) is 1. The molecule has 0 radical (unpaired) electrons. The van der Waals surface area contributed by atoms with Crippen molar-refractivity contribution in [2.24, 2.45) is 0 Å². The van der Waals surface area contributed by atoms with Gasteiger partial charge in [-0.15, -0.1) is 0 Å². The molecule has 0 bridgehead atoms. The summed E-state index contributed by atoms with van der Waals surface area (Å²) in [6.45, 7) is 2.06. The van der Waals surface area contributed by atoms with Gasteiger partial charge in [-0.05, 0) is 48.2 Å². The highest BCUT2D eigenvalue weighted by atomic mass is 16.5. The zero-order chi connectivity index (χ0) is 22.0. The normalized spacial score (nSPS) is 12.7.